The molecule has 1 aromatic carbocycles. The maximum atomic E-state index is 13.2. The molecule has 3 aliphatic rings. The molecule has 0 radical (unpaired) electrons. The van der Waals surface area contributed by atoms with Crippen molar-refractivity contribution in [2.45, 2.75) is 38.3 Å². The number of nitrogens with zero attached hydrogens (tertiary/aromatic N) is 2. The molecule has 0 N–H and O–H groups in total. The SMILES string of the molecule is CS(=O)(=O)N1CC=C(c2ccc(OCC3CCN(CC4(C(F)(F)F)CC4)CC3)cc2)CC1. The predicted molar refractivity (Wildman–Crippen MR) is 118 cm³/mol. The number of piperidine rings is 1. The number of ether oxygens (including phenoxy) is 1. The molecule has 0 atom stereocenters. The first-order valence-electron chi connectivity index (χ1n) is 11.2. The number of halogens is 3. The summed E-state index contributed by atoms with van der Waals surface area (Å²) in [6.45, 7) is 3.00. The normalized spacial score (nSPS) is 23.1. The van der Waals surface area contributed by atoms with Crippen LogP contribution in [0, 0.1) is 11.3 Å². The summed E-state index contributed by atoms with van der Waals surface area (Å²) in [5.74, 6) is 1.13. The van der Waals surface area contributed by atoms with E-state index in [-0.39, 0.29) is 19.4 Å². The summed E-state index contributed by atoms with van der Waals surface area (Å²) in [5, 5.41) is 0. The fraction of sp³-hybridized carbons (Fsp3) is 0.652. The lowest BCUT2D eigenvalue weighted by Crippen LogP contribution is -2.43. The molecule has 1 saturated carbocycles. The average Bonchev–Trinajstić information content (AvgIpc) is 3.54. The molecule has 0 amide bonds. The molecule has 178 valence electrons. The summed E-state index contributed by atoms with van der Waals surface area (Å²) in [4.78, 5) is 1.97. The van der Waals surface area contributed by atoms with E-state index < -0.39 is 21.6 Å². The van der Waals surface area contributed by atoms with Crippen molar-refractivity contribution in [1.82, 2.24) is 9.21 Å². The smallest absolute Gasteiger partial charge is 0.395 e. The quantitative estimate of drug-likeness (QED) is 0.598. The topological polar surface area (TPSA) is 49.9 Å². The van der Waals surface area contributed by atoms with Crippen molar-refractivity contribution in [3.8, 4) is 5.75 Å². The molecule has 1 aromatic rings. The molecule has 5 nitrogen and oxygen atoms in total. The Hall–Kier alpha value is -1.58. The van der Waals surface area contributed by atoms with Crippen LogP contribution in [0.1, 0.15) is 37.7 Å². The monoisotopic (exact) mass is 472 g/mol. The molecule has 1 saturated heterocycles. The maximum absolute atomic E-state index is 13.2. The van der Waals surface area contributed by atoms with Gasteiger partial charge in [-0.3, -0.25) is 0 Å². The fourth-order valence-corrected chi connectivity index (χ4v) is 5.38. The second kappa shape index (κ2) is 8.99. The Balaban J connectivity index is 1.22. The van der Waals surface area contributed by atoms with Gasteiger partial charge in [0.15, 0.2) is 0 Å². The van der Waals surface area contributed by atoms with Crippen molar-refractivity contribution in [3.05, 3.63) is 35.9 Å². The molecular formula is C23H31F3N2O3S. The molecule has 2 aliphatic heterocycles. The van der Waals surface area contributed by atoms with Crippen LogP contribution >= 0.6 is 0 Å². The van der Waals surface area contributed by atoms with E-state index in [1.54, 1.807) is 0 Å². The van der Waals surface area contributed by atoms with Crippen LogP contribution in [-0.4, -0.2) is 69.4 Å². The van der Waals surface area contributed by atoms with Gasteiger partial charge in [0.1, 0.15) is 5.75 Å². The van der Waals surface area contributed by atoms with Gasteiger partial charge in [0, 0.05) is 19.6 Å². The molecular weight excluding hydrogens is 441 g/mol. The molecule has 32 heavy (non-hydrogen) atoms. The van der Waals surface area contributed by atoms with Crippen molar-refractivity contribution in [3.63, 3.8) is 0 Å². The van der Waals surface area contributed by atoms with Gasteiger partial charge in [0.05, 0.1) is 18.3 Å². The van der Waals surface area contributed by atoms with Crippen LogP contribution in [0.15, 0.2) is 30.3 Å². The van der Waals surface area contributed by atoms with E-state index in [0.29, 0.717) is 45.1 Å². The first kappa shape index (κ1) is 23.6. The lowest BCUT2D eigenvalue weighted by Gasteiger charge is -2.34. The zero-order valence-electron chi connectivity index (χ0n) is 18.4. The first-order chi connectivity index (χ1) is 15.1. The number of rotatable bonds is 7. The summed E-state index contributed by atoms with van der Waals surface area (Å²) in [6, 6.07) is 7.83. The Labute approximate surface area is 188 Å². The molecule has 0 bridgehead atoms. The molecule has 2 heterocycles. The third-order valence-electron chi connectivity index (χ3n) is 7.04. The van der Waals surface area contributed by atoms with Crippen LogP contribution in [-0.2, 0) is 10.0 Å². The minimum Gasteiger partial charge on any atom is -0.493 e. The summed E-state index contributed by atoms with van der Waals surface area (Å²) in [5.41, 5.74) is 0.753. The van der Waals surface area contributed by atoms with Crippen molar-refractivity contribution in [2.24, 2.45) is 11.3 Å². The predicted octanol–water partition coefficient (Wildman–Crippen LogP) is 4.17. The van der Waals surface area contributed by atoms with Crippen LogP contribution in [0.25, 0.3) is 5.57 Å². The van der Waals surface area contributed by atoms with Crippen LogP contribution in [0.5, 0.6) is 5.75 Å². The van der Waals surface area contributed by atoms with E-state index in [0.717, 1.165) is 29.7 Å². The number of likely N-dealkylation sites (tertiary alicyclic amines) is 1. The minimum absolute atomic E-state index is 0.142. The Morgan fingerprint density at radius 1 is 1.09 bits per heavy atom. The van der Waals surface area contributed by atoms with Crippen molar-refractivity contribution in [2.75, 3.05) is 45.6 Å². The Kier molecular flexibility index (Phi) is 6.62. The number of hydrogen-bond acceptors (Lipinski definition) is 4. The third-order valence-corrected chi connectivity index (χ3v) is 8.31. The van der Waals surface area contributed by atoms with Crippen LogP contribution in [0.2, 0.25) is 0 Å². The van der Waals surface area contributed by atoms with Crippen molar-refractivity contribution in [1.29, 1.82) is 0 Å². The molecule has 2 fully saturated rings. The van der Waals surface area contributed by atoms with E-state index in [4.69, 9.17) is 4.74 Å². The highest BCUT2D eigenvalue weighted by Gasteiger charge is 2.63. The van der Waals surface area contributed by atoms with Crippen molar-refractivity contribution < 1.29 is 26.3 Å². The lowest BCUT2D eigenvalue weighted by molar-refractivity contribution is -0.192. The van der Waals surface area contributed by atoms with Crippen molar-refractivity contribution >= 4 is 15.6 Å². The van der Waals surface area contributed by atoms with E-state index in [9.17, 15) is 21.6 Å². The van der Waals surface area contributed by atoms with E-state index >= 15 is 0 Å². The Morgan fingerprint density at radius 2 is 1.75 bits per heavy atom. The van der Waals surface area contributed by atoms with E-state index in [1.165, 1.54) is 10.6 Å². The van der Waals surface area contributed by atoms with Gasteiger partial charge < -0.3 is 9.64 Å². The molecule has 0 spiro atoms. The zero-order valence-corrected chi connectivity index (χ0v) is 19.2. The lowest BCUT2D eigenvalue weighted by atomic mass is 9.96. The number of sulfonamides is 1. The zero-order chi connectivity index (χ0) is 23.0. The molecule has 0 unspecified atom stereocenters. The highest BCUT2D eigenvalue weighted by Crippen LogP contribution is 2.58. The highest BCUT2D eigenvalue weighted by atomic mass is 32.2. The van der Waals surface area contributed by atoms with Gasteiger partial charge >= 0.3 is 6.18 Å². The average molecular weight is 473 g/mol. The standard InChI is InChI=1S/C23H31F3N2O3S/c1-32(29,30)28-14-8-20(9-15-28)19-2-4-21(5-3-19)31-16-18-6-12-27(13-7-18)17-22(10-11-22)23(24,25)26/h2-5,8,18H,6-7,9-17H2,1H3. The summed E-state index contributed by atoms with van der Waals surface area (Å²) in [7, 11) is -3.16. The number of hydrogen-bond donors (Lipinski definition) is 0. The van der Waals surface area contributed by atoms with Gasteiger partial charge in [-0.05, 0) is 74.4 Å². The van der Waals surface area contributed by atoms with E-state index in [2.05, 4.69) is 0 Å². The second-order valence-electron chi connectivity index (χ2n) is 9.43. The Morgan fingerprint density at radius 3 is 2.25 bits per heavy atom. The number of benzene rings is 1. The molecule has 9 heteroatoms. The van der Waals surface area contributed by atoms with Crippen LogP contribution < -0.4 is 4.74 Å². The summed E-state index contributed by atoms with van der Waals surface area (Å²) < 4.78 is 70.2. The van der Waals surface area contributed by atoms with E-state index in [1.807, 2.05) is 35.2 Å². The minimum atomic E-state index is -4.08. The molecule has 0 aromatic heterocycles. The van der Waals surface area contributed by atoms with Gasteiger partial charge in [-0.1, -0.05) is 18.2 Å². The first-order valence-corrected chi connectivity index (χ1v) is 13.1. The molecule has 4 rings (SSSR count). The third kappa shape index (κ3) is 5.48. The molecule has 1 aliphatic carbocycles. The van der Waals surface area contributed by atoms with Crippen LogP contribution in [0.3, 0.4) is 0 Å². The number of alkyl halides is 3. The fourth-order valence-electron chi connectivity index (χ4n) is 4.61. The summed E-state index contributed by atoms with van der Waals surface area (Å²) >= 11 is 0. The summed E-state index contributed by atoms with van der Waals surface area (Å²) in [6.07, 6.45) is 2.03. The van der Waals surface area contributed by atoms with Gasteiger partial charge in [0.2, 0.25) is 10.0 Å². The second-order valence-corrected chi connectivity index (χ2v) is 11.4. The highest BCUT2D eigenvalue weighted by molar-refractivity contribution is 7.88. The Bertz CT molecular complexity index is 932. The maximum Gasteiger partial charge on any atom is 0.395 e. The van der Waals surface area contributed by atoms with Gasteiger partial charge in [-0.25, -0.2) is 8.42 Å². The van der Waals surface area contributed by atoms with Gasteiger partial charge in [0.25, 0.3) is 0 Å². The largest absolute Gasteiger partial charge is 0.493 e. The van der Waals surface area contributed by atoms with Gasteiger partial charge in [-0.15, -0.1) is 0 Å². The van der Waals surface area contributed by atoms with Crippen LogP contribution in [0.4, 0.5) is 13.2 Å². The van der Waals surface area contributed by atoms with Gasteiger partial charge in [-0.2, -0.15) is 17.5 Å².